The largest absolute Gasteiger partial charge is 0.478 e. The molecule has 1 saturated heterocycles. The van der Waals surface area contributed by atoms with Crippen molar-refractivity contribution in [3.8, 4) is 0 Å². The Hall–Kier alpha value is -2.69. The van der Waals surface area contributed by atoms with Crippen LogP contribution in [0.1, 0.15) is 24.0 Å². The molecule has 0 bridgehead atoms. The number of benzene rings is 1. The van der Waals surface area contributed by atoms with E-state index in [0.29, 0.717) is 25.2 Å². The molecular weight excluding hydrogens is 422 g/mol. The molecule has 0 radical (unpaired) electrons. The predicted molar refractivity (Wildman–Crippen MR) is 118 cm³/mol. The van der Waals surface area contributed by atoms with E-state index in [2.05, 4.69) is 24.0 Å². The molecule has 0 unspecified atom stereocenters. The van der Waals surface area contributed by atoms with Crippen molar-refractivity contribution in [1.82, 2.24) is 14.2 Å². The Labute approximate surface area is 182 Å². The Morgan fingerprint density at radius 2 is 1.74 bits per heavy atom. The van der Waals surface area contributed by atoms with Crippen LogP contribution in [0.4, 0.5) is 0 Å². The van der Waals surface area contributed by atoms with E-state index in [1.807, 2.05) is 24.4 Å². The van der Waals surface area contributed by atoms with Gasteiger partial charge in [0.25, 0.3) is 0 Å². The van der Waals surface area contributed by atoms with Gasteiger partial charge in [-0.3, -0.25) is 0 Å². The second-order valence-electron chi connectivity index (χ2n) is 7.62. The third kappa shape index (κ3) is 7.82. The van der Waals surface area contributed by atoms with Crippen LogP contribution < -0.4 is 0 Å². The van der Waals surface area contributed by atoms with E-state index in [0.717, 1.165) is 42.3 Å². The molecule has 0 aliphatic carbocycles. The minimum atomic E-state index is -3.19. The molecule has 1 fully saturated rings. The predicted octanol–water partition coefficient (Wildman–Crippen LogP) is 1.91. The molecule has 31 heavy (non-hydrogen) atoms. The molecule has 2 aromatic rings. The van der Waals surface area contributed by atoms with Gasteiger partial charge >= 0.3 is 11.9 Å². The summed E-state index contributed by atoms with van der Waals surface area (Å²) in [6.45, 7) is 2.31. The number of likely N-dealkylation sites (N-methyl/N-ethyl adjacent to an activating group) is 1. The highest BCUT2D eigenvalue weighted by molar-refractivity contribution is 7.88. The normalized spacial score (nSPS) is 14.8. The van der Waals surface area contributed by atoms with Crippen LogP contribution in [0.5, 0.6) is 0 Å². The second kappa shape index (κ2) is 11.1. The Kier molecular flexibility index (Phi) is 8.78. The summed E-state index contributed by atoms with van der Waals surface area (Å²) in [6, 6.07) is 5.94. The van der Waals surface area contributed by atoms with E-state index in [-0.39, 0.29) is 5.75 Å². The molecule has 3 N–H and O–H groups in total. The zero-order chi connectivity index (χ0) is 23.0. The van der Waals surface area contributed by atoms with Crippen molar-refractivity contribution in [3.63, 3.8) is 0 Å². The number of fused-ring (bicyclic) bond motifs is 1. The fraction of sp³-hybridized carbons (Fsp3) is 0.429. The highest BCUT2D eigenvalue weighted by Crippen LogP contribution is 2.23. The van der Waals surface area contributed by atoms with Crippen LogP contribution in [0.3, 0.4) is 0 Å². The van der Waals surface area contributed by atoms with Gasteiger partial charge in [-0.1, -0.05) is 6.07 Å². The average molecular weight is 452 g/mol. The van der Waals surface area contributed by atoms with Crippen molar-refractivity contribution < 1.29 is 28.2 Å². The standard InChI is InChI=1S/C17H25N3O2S.C4H4O4/c1-19(2)10-7-15-12-18-17-6-5-14(11-16(15)17)13-23(21,22)20-8-3-4-9-20;5-3(6)1-2-4(7)8/h5-6,11-12,18H,3-4,7-10,13H2,1-2H3;1-2H,(H,5,6)(H,7,8). The first-order chi connectivity index (χ1) is 14.6. The van der Waals surface area contributed by atoms with Gasteiger partial charge in [-0.2, -0.15) is 0 Å². The van der Waals surface area contributed by atoms with E-state index >= 15 is 0 Å². The molecule has 170 valence electrons. The molecule has 1 aliphatic heterocycles. The van der Waals surface area contributed by atoms with Crippen LogP contribution in [0.25, 0.3) is 10.9 Å². The van der Waals surface area contributed by atoms with Crippen molar-refractivity contribution >= 4 is 32.9 Å². The van der Waals surface area contributed by atoms with E-state index in [1.54, 1.807) is 4.31 Å². The van der Waals surface area contributed by atoms with Crippen molar-refractivity contribution in [2.75, 3.05) is 33.7 Å². The number of aliphatic carboxylic acids is 2. The first-order valence-electron chi connectivity index (χ1n) is 9.94. The number of hydrogen-bond donors (Lipinski definition) is 3. The summed E-state index contributed by atoms with van der Waals surface area (Å²) in [7, 11) is 0.928. The summed E-state index contributed by atoms with van der Waals surface area (Å²) in [5, 5.41) is 16.8. The summed E-state index contributed by atoms with van der Waals surface area (Å²) in [4.78, 5) is 24.5. The quantitative estimate of drug-likeness (QED) is 0.523. The number of rotatable bonds is 8. The Bertz CT molecular complexity index is 1020. The van der Waals surface area contributed by atoms with Crippen LogP contribution in [0, 0.1) is 0 Å². The summed E-state index contributed by atoms with van der Waals surface area (Å²) < 4.78 is 26.6. The van der Waals surface area contributed by atoms with Crippen molar-refractivity contribution in [3.05, 3.63) is 47.7 Å². The first kappa shape index (κ1) is 24.6. The molecule has 1 aromatic heterocycles. The number of carbonyl (C=O) groups is 2. The van der Waals surface area contributed by atoms with Crippen LogP contribution in [-0.4, -0.2) is 78.5 Å². The molecule has 1 aromatic carbocycles. The van der Waals surface area contributed by atoms with Gasteiger partial charge in [0.15, 0.2) is 0 Å². The Morgan fingerprint density at radius 1 is 1.13 bits per heavy atom. The SMILES string of the molecule is CN(C)CCc1c[nH]c2ccc(CS(=O)(=O)N3CCCC3)cc12.O=C(O)C=CC(=O)O. The van der Waals surface area contributed by atoms with Crippen LogP contribution in [0.15, 0.2) is 36.5 Å². The van der Waals surface area contributed by atoms with Gasteiger partial charge in [0.05, 0.1) is 5.75 Å². The minimum absolute atomic E-state index is 0.0985. The van der Waals surface area contributed by atoms with Crippen molar-refractivity contribution in [2.45, 2.75) is 25.0 Å². The van der Waals surface area contributed by atoms with Gasteiger partial charge in [-0.25, -0.2) is 22.3 Å². The summed E-state index contributed by atoms with van der Waals surface area (Å²) in [5.74, 6) is -2.42. The molecule has 3 rings (SSSR count). The maximum atomic E-state index is 12.5. The van der Waals surface area contributed by atoms with E-state index in [9.17, 15) is 18.0 Å². The number of nitrogens with zero attached hydrogens (tertiary/aromatic N) is 2. The molecule has 0 saturated carbocycles. The second-order valence-corrected chi connectivity index (χ2v) is 9.59. The fourth-order valence-corrected chi connectivity index (χ4v) is 4.87. The molecule has 2 heterocycles. The zero-order valence-electron chi connectivity index (χ0n) is 17.7. The monoisotopic (exact) mass is 451 g/mol. The molecular formula is C21H29N3O6S. The lowest BCUT2D eigenvalue weighted by Gasteiger charge is -2.15. The van der Waals surface area contributed by atoms with Gasteiger partial charge in [-0.15, -0.1) is 0 Å². The molecule has 0 atom stereocenters. The number of nitrogens with one attached hydrogen (secondary N) is 1. The lowest BCUT2D eigenvalue weighted by molar-refractivity contribution is -0.134. The third-order valence-corrected chi connectivity index (χ3v) is 6.69. The fourth-order valence-electron chi connectivity index (χ4n) is 3.28. The van der Waals surface area contributed by atoms with Crippen molar-refractivity contribution in [1.29, 1.82) is 0 Å². The molecule has 1 aliphatic rings. The highest BCUT2D eigenvalue weighted by Gasteiger charge is 2.25. The van der Waals surface area contributed by atoms with Gasteiger partial charge < -0.3 is 20.1 Å². The van der Waals surface area contributed by atoms with Crippen molar-refractivity contribution in [2.24, 2.45) is 0 Å². The van der Waals surface area contributed by atoms with Gasteiger partial charge in [-0.05, 0) is 56.6 Å². The summed E-state index contributed by atoms with van der Waals surface area (Å²) in [5.41, 5.74) is 3.19. The number of hydrogen-bond acceptors (Lipinski definition) is 5. The number of sulfonamides is 1. The lowest BCUT2D eigenvalue weighted by Crippen LogP contribution is -2.29. The maximum absolute atomic E-state index is 12.5. The summed E-state index contributed by atoms with van der Waals surface area (Å²) >= 11 is 0. The topological polar surface area (TPSA) is 131 Å². The average Bonchev–Trinajstić information content (AvgIpc) is 3.35. The van der Waals surface area contributed by atoms with Crippen LogP contribution >= 0.6 is 0 Å². The Morgan fingerprint density at radius 3 is 2.29 bits per heavy atom. The van der Waals surface area contributed by atoms with E-state index < -0.39 is 22.0 Å². The minimum Gasteiger partial charge on any atom is -0.478 e. The van der Waals surface area contributed by atoms with E-state index in [1.165, 1.54) is 5.56 Å². The van der Waals surface area contributed by atoms with Gasteiger partial charge in [0.2, 0.25) is 10.0 Å². The zero-order valence-corrected chi connectivity index (χ0v) is 18.6. The molecule has 0 spiro atoms. The number of carboxylic acids is 2. The highest BCUT2D eigenvalue weighted by atomic mass is 32.2. The number of H-pyrrole nitrogens is 1. The van der Waals surface area contributed by atoms with Crippen LogP contribution in [-0.2, 0) is 31.8 Å². The maximum Gasteiger partial charge on any atom is 0.328 e. The molecule has 9 nitrogen and oxygen atoms in total. The third-order valence-electron chi connectivity index (χ3n) is 4.84. The lowest BCUT2D eigenvalue weighted by atomic mass is 10.1. The summed E-state index contributed by atoms with van der Waals surface area (Å²) in [6.07, 6.45) is 6.06. The number of aromatic amines is 1. The van der Waals surface area contributed by atoms with Crippen LogP contribution in [0.2, 0.25) is 0 Å². The van der Waals surface area contributed by atoms with Gasteiger partial charge in [0, 0.05) is 48.9 Å². The first-order valence-corrected chi connectivity index (χ1v) is 11.5. The van der Waals surface area contributed by atoms with Gasteiger partial charge in [0.1, 0.15) is 0 Å². The molecule has 10 heteroatoms. The Balaban J connectivity index is 0.000000366. The number of aromatic nitrogens is 1. The molecule has 0 amide bonds. The number of carboxylic acid groups (broad SMARTS) is 2. The smallest absolute Gasteiger partial charge is 0.328 e. The van der Waals surface area contributed by atoms with E-state index in [4.69, 9.17) is 10.2 Å².